The number of halogens is 1. The smallest absolute Gasteiger partial charge is 0.256 e. The third-order valence-corrected chi connectivity index (χ3v) is 3.16. The third kappa shape index (κ3) is 2.63. The standard InChI is InChI=1S/C13H12FNO2S/c1-18-11-5-3-2-4-10(11)17-13-12(14)9(8-16)6-7-15-13/h2-7,16H,8H2,1H3. The Kier molecular flexibility index (Phi) is 4.17. The lowest BCUT2D eigenvalue weighted by Gasteiger charge is -2.10. The van der Waals surface area contributed by atoms with Crippen LogP contribution in [0.2, 0.25) is 0 Å². The van der Waals surface area contributed by atoms with Crippen molar-refractivity contribution in [1.82, 2.24) is 4.98 Å². The highest BCUT2D eigenvalue weighted by Crippen LogP contribution is 2.31. The van der Waals surface area contributed by atoms with E-state index in [-0.39, 0.29) is 18.1 Å². The van der Waals surface area contributed by atoms with E-state index in [4.69, 9.17) is 9.84 Å². The molecule has 3 nitrogen and oxygen atoms in total. The Morgan fingerprint density at radius 2 is 2.11 bits per heavy atom. The number of nitrogens with zero attached hydrogens (tertiary/aromatic N) is 1. The fraction of sp³-hybridized carbons (Fsp3) is 0.154. The molecule has 0 radical (unpaired) electrons. The first kappa shape index (κ1) is 12.9. The van der Waals surface area contributed by atoms with Crippen LogP contribution in [0.1, 0.15) is 5.56 Å². The summed E-state index contributed by atoms with van der Waals surface area (Å²) in [7, 11) is 0. The quantitative estimate of drug-likeness (QED) is 0.862. The zero-order valence-electron chi connectivity index (χ0n) is 9.76. The molecule has 94 valence electrons. The fourth-order valence-corrected chi connectivity index (χ4v) is 1.99. The maximum Gasteiger partial charge on any atom is 0.256 e. The number of rotatable bonds is 4. The molecule has 0 saturated heterocycles. The van der Waals surface area contributed by atoms with Crippen LogP contribution in [0.15, 0.2) is 41.4 Å². The average molecular weight is 265 g/mol. The van der Waals surface area contributed by atoms with Gasteiger partial charge in [-0.1, -0.05) is 12.1 Å². The molecule has 0 saturated carbocycles. The summed E-state index contributed by atoms with van der Waals surface area (Å²) in [5.41, 5.74) is 0.168. The van der Waals surface area contributed by atoms with E-state index in [0.717, 1.165) is 4.90 Å². The van der Waals surface area contributed by atoms with Crippen LogP contribution in [0, 0.1) is 5.82 Å². The Bertz CT molecular complexity index is 548. The highest BCUT2D eigenvalue weighted by atomic mass is 32.2. The monoisotopic (exact) mass is 265 g/mol. The first-order chi connectivity index (χ1) is 8.76. The lowest BCUT2D eigenvalue weighted by Crippen LogP contribution is -1.97. The number of aromatic nitrogens is 1. The fourth-order valence-electron chi connectivity index (χ4n) is 1.46. The maximum absolute atomic E-state index is 13.8. The van der Waals surface area contributed by atoms with Crippen LogP contribution in [0.4, 0.5) is 4.39 Å². The number of thioether (sulfide) groups is 1. The largest absolute Gasteiger partial charge is 0.435 e. The first-order valence-electron chi connectivity index (χ1n) is 5.31. The Morgan fingerprint density at radius 3 is 2.83 bits per heavy atom. The van der Waals surface area contributed by atoms with Crippen molar-refractivity contribution in [2.24, 2.45) is 0 Å². The molecular weight excluding hydrogens is 253 g/mol. The van der Waals surface area contributed by atoms with Crippen molar-refractivity contribution in [3.05, 3.63) is 47.9 Å². The number of pyridine rings is 1. The SMILES string of the molecule is CSc1ccccc1Oc1nccc(CO)c1F. The Labute approximate surface area is 109 Å². The van der Waals surface area contributed by atoms with Gasteiger partial charge in [0.05, 0.1) is 6.61 Å². The topological polar surface area (TPSA) is 42.4 Å². The van der Waals surface area contributed by atoms with Crippen LogP contribution in [0.5, 0.6) is 11.6 Å². The summed E-state index contributed by atoms with van der Waals surface area (Å²) in [4.78, 5) is 4.74. The van der Waals surface area contributed by atoms with Gasteiger partial charge in [-0.05, 0) is 24.5 Å². The van der Waals surface area contributed by atoms with Crippen LogP contribution < -0.4 is 4.74 Å². The van der Waals surface area contributed by atoms with E-state index >= 15 is 0 Å². The van der Waals surface area contributed by atoms with E-state index in [1.807, 2.05) is 24.5 Å². The normalized spacial score (nSPS) is 10.4. The second-order valence-electron chi connectivity index (χ2n) is 3.50. The summed E-state index contributed by atoms with van der Waals surface area (Å²) in [6.45, 7) is -0.380. The van der Waals surface area contributed by atoms with Gasteiger partial charge in [0.1, 0.15) is 5.75 Å². The molecule has 0 amide bonds. The molecule has 0 fully saturated rings. The highest BCUT2D eigenvalue weighted by molar-refractivity contribution is 7.98. The molecule has 0 aliphatic carbocycles. The van der Waals surface area contributed by atoms with E-state index in [9.17, 15) is 4.39 Å². The van der Waals surface area contributed by atoms with Gasteiger partial charge in [0, 0.05) is 16.7 Å². The Hall–Kier alpha value is -1.59. The maximum atomic E-state index is 13.8. The summed E-state index contributed by atoms with van der Waals surface area (Å²) in [5.74, 6) is -0.203. The molecule has 18 heavy (non-hydrogen) atoms. The van der Waals surface area contributed by atoms with Gasteiger partial charge in [0.15, 0.2) is 5.82 Å². The molecule has 0 spiro atoms. The average Bonchev–Trinajstić information content (AvgIpc) is 2.42. The summed E-state index contributed by atoms with van der Waals surface area (Å²) in [6, 6.07) is 8.74. The number of para-hydroxylation sites is 1. The Morgan fingerprint density at radius 1 is 1.33 bits per heavy atom. The molecule has 1 N–H and O–H groups in total. The zero-order chi connectivity index (χ0) is 13.0. The van der Waals surface area contributed by atoms with E-state index in [2.05, 4.69) is 4.98 Å². The van der Waals surface area contributed by atoms with Gasteiger partial charge < -0.3 is 9.84 Å². The van der Waals surface area contributed by atoms with Crippen LogP contribution in [0.3, 0.4) is 0 Å². The lowest BCUT2D eigenvalue weighted by molar-refractivity contribution is 0.272. The summed E-state index contributed by atoms with van der Waals surface area (Å²) in [5, 5.41) is 8.98. The lowest BCUT2D eigenvalue weighted by atomic mass is 10.2. The minimum atomic E-state index is -0.629. The molecule has 5 heteroatoms. The van der Waals surface area contributed by atoms with Crippen LogP contribution >= 0.6 is 11.8 Å². The molecule has 0 atom stereocenters. The van der Waals surface area contributed by atoms with E-state index in [1.54, 1.807) is 6.07 Å². The summed E-state index contributed by atoms with van der Waals surface area (Å²) >= 11 is 1.51. The highest BCUT2D eigenvalue weighted by Gasteiger charge is 2.12. The van der Waals surface area contributed by atoms with Crippen molar-refractivity contribution in [3.8, 4) is 11.6 Å². The van der Waals surface area contributed by atoms with Crippen molar-refractivity contribution in [3.63, 3.8) is 0 Å². The molecule has 1 heterocycles. The molecular formula is C13H12FNO2S. The van der Waals surface area contributed by atoms with Crippen molar-refractivity contribution < 1.29 is 14.2 Å². The molecule has 0 aliphatic rings. The van der Waals surface area contributed by atoms with Gasteiger partial charge in [-0.3, -0.25) is 0 Å². The second-order valence-corrected chi connectivity index (χ2v) is 4.35. The van der Waals surface area contributed by atoms with Gasteiger partial charge in [-0.15, -0.1) is 11.8 Å². The Balaban J connectivity index is 2.34. The van der Waals surface area contributed by atoms with Crippen LogP contribution in [-0.2, 0) is 6.61 Å². The molecule has 0 unspecified atom stereocenters. The first-order valence-corrected chi connectivity index (χ1v) is 6.54. The molecule has 1 aromatic carbocycles. The number of aliphatic hydroxyl groups excluding tert-OH is 1. The van der Waals surface area contributed by atoms with E-state index < -0.39 is 5.82 Å². The molecule has 1 aromatic heterocycles. The van der Waals surface area contributed by atoms with Crippen molar-refractivity contribution in [2.75, 3.05) is 6.26 Å². The van der Waals surface area contributed by atoms with Gasteiger partial charge in [-0.2, -0.15) is 0 Å². The molecule has 0 bridgehead atoms. The van der Waals surface area contributed by atoms with Gasteiger partial charge >= 0.3 is 0 Å². The number of aliphatic hydroxyl groups is 1. The minimum absolute atomic E-state index is 0.122. The van der Waals surface area contributed by atoms with Gasteiger partial charge in [0.2, 0.25) is 0 Å². The van der Waals surface area contributed by atoms with E-state index in [0.29, 0.717) is 5.75 Å². The number of benzene rings is 1. The van der Waals surface area contributed by atoms with Gasteiger partial charge in [-0.25, -0.2) is 9.37 Å². The predicted octanol–water partition coefficient (Wildman–Crippen LogP) is 3.23. The summed E-state index contributed by atoms with van der Waals surface area (Å²) in [6.07, 6.45) is 3.32. The van der Waals surface area contributed by atoms with Crippen LogP contribution in [-0.4, -0.2) is 16.3 Å². The third-order valence-electron chi connectivity index (χ3n) is 2.38. The number of hydrogen-bond donors (Lipinski definition) is 1. The van der Waals surface area contributed by atoms with Crippen molar-refractivity contribution in [2.45, 2.75) is 11.5 Å². The van der Waals surface area contributed by atoms with Gasteiger partial charge in [0.25, 0.3) is 5.88 Å². The molecule has 2 rings (SSSR count). The van der Waals surface area contributed by atoms with Crippen molar-refractivity contribution in [1.29, 1.82) is 0 Å². The summed E-state index contributed by atoms with van der Waals surface area (Å²) < 4.78 is 19.3. The minimum Gasteiger partial charge on any atom is -0.435 e. The van der Waals surface area contributed by atoms with E-state index in [1.165, 1.54) is 24.0 Å². The predicted molar refractivity (Wildman–Crippen MR) is 68.4 cm³/mol. The van der Waals surface area contributed by atoms with Crippen molar-refractivity contribution >= 4 is 11.8 Å². The number of hydrogen-bond acceptors (Lipinski definition) is 4. The molecule has 2 aromatic rings. The van der Waals surface area contributed by atoms with Crippen LogP contribution in [0.25, 0.3) is 0 Å². The zero-order valence-corrected chi connectivity index (χ0v) is 10.6. The number of ether oxygens (including phenoxy) is 1. The molecule has 0 aliphatic heterocycles. The second kappa shape index (κ2) is 5.84.